The molecule has 2 fully saturated rings. The van der Waals surface area contributed by atoms with E-state index in [1.54, 1.807) is 11.8 Å². The van der Waals surface area contributed by atoms with Crippen LogP contribution in [0.2, 0.25) is 0 Å². The third-order valence-electron chi connectivity index (χ3n) is 3.76. The number of rotatable bonds is 3. The van der Waals surface area contributed by atoms with E-state index in [0.717, 1.165) is 37.2 Å². The smallest absolute Gasteiger partial charge is 0.357 e. The lowest BCUT2D eigenvalue weighted by atomic mass is 9.95. The maximum absolute atomic E-state index is 12.3. The fraction of sp³-hybridized carbons (Fsp3) is 0.750. The van der Waals surface area contributed by atoms with Gasteiger partial charge in [-0.25, -0.2) is 9.36 Å². The molecule has 2 aliphatic rings. The molecule has 0 radical (unpaired) electrons. The summed E-state index contributed by atoms with van der Waals surface area (Å²) in [4.78, 5) is 23.6. The van der Waals surface area contributed by atoms with Gasteiger partial charge in [0, 0.05) is 17.5 Å². The fourth-order valence-electron chi connectivity index (χ4n) is 2.64. The minimum atomic E-state index is -0.891. The minimum absolute atomic E-state index is 0.0590. The van der Waals surface area contributed by atoms with Crippen molar-refractivity contribution in [3.63, 3.8) is 0 Å². The van der Waals surface area contributed by atoms with Gasteiger partial charge in [-0.05, 0) is 24.4 Å². The predicted octanol–water partition coefficient (Wildman–Crippen LogP) is 2.25. The Morgan fingerprint density at radius 3 is 2.55 bits per heavy atom. The maximum Gasteiger partial charge on any atom is 0.357 e. The Morgan fingerprint density at radius 1 is 1.30 bits per heavy atom. The van der Waals surface area contributed by atoms with Gasteiger partial charge in [0.25, 0.3) is 0 Å². The first-order chi connectivity index (χ1) is 9.66. The van der Waals surface area contributed by atoms with Crippen molar-refractivity contribution in [3.8, 4) is 6.01 Å². The predicted molar refractivity (Wildman–Crippen MR) is 77.0 cm³/mol. The lowest BCUT2D eigenvalue weighted by Gasteiger charge is -2.27. The molecule has 1 saturated carbocycles. The molecule has 8 heteroatoms. The average molecular weight is 318 g/mol. The molecule has 1 saturated heterocycles. The van der Waals surface area contributed by atoms with Crippen molar-refractivity contribution in [2.24, 2.45) is 0 Å². The van der Waals surface area contributed by atoms with E-state index in [1.165, 1.54) is 11.0 Å². The Balaban J connectivity index is 1.94. The zero-order valence-corrected chi connectivity index (χ0v) is 12.5. The SMILES string of the molecule is O=C(Cl)n1nc(OC2CSC2)n(C2CCCCC2)c1=O. The number of thioether (sulfide) groups is 1. The molecule has 0 amide bonds. The van der Waals surface area contributed by atoms with Crippen LogP contribution < -0.4 is 10.4 Å². The molecule has 0 unspecified atom stereocenters. The normalized spacial score (nSPS) is 20.6. The van der Waals surface area contributed by atoms with Crippen molar-refractivity contribution in [3.05, 3.63) is 10.5 Å². The first-order valence-electron chi connectivity index (χ1n) is 6.82. The van der Waals surface area contributed by atoms with Gasteiger partial charge in [-0.3, -0.25) is 4.79 Å². The van der Waals surface area contributed by atoms with E-state index in [9.17, 15) is 9.59 Å². The largest absolute Gasteiger partial charge is 0.458 e. The Kier molecular flexibility index (Phi) is 4.07. The molecule has 0 aromatic carbocycles. The second-order valence-electron chi connectivity index (χ2n) is 5.17. The molecule has 20 heavy (non-hydrogen) atoms. The molecule has 1 aliphatic carbocycles. The van der Waals surface area contributed by atoms with E-state index in [1.807, 2.05) is 0 Å². The third kappa shape index (κ3) is 2.61. The van der Waals surface area contributed by atoms with Crippen LogP contribution in [0.5, 0.6) is 6.01 Å². The van der Waals surface area contributed by atoms with Gasteiger partial charge in [-0.2, -0.15) is 11.8 Å². The number of aromatic nitrogens is 3. The highest BCUT2D eigenvalue weighted by atomic mass is 35.5. The van der Waals surface area contributed by atoms with Crippen LogP contribution in [0, 0.1) is 0 Å². The number of hydrogen-bond donors (Lipinski definition) is 0. The van der Waals surface area contributed by atoms with E-state index in [0.29, 0.717) is 4.68 Å². The summed E-state index contributed by atoms with van der Waals surface area (Å²) in [5.41, 5.74) is -0.487. The van der Waals surface area contributed by atoms with Gasteiger partial charge in [0.05, 0.1) is 0 Å². The Hall–Kier alpha value is -0.950. The van der Waals surface area contributed by atoms with Crippen molar-refractivity contribution in [1.29, 1.82) is 0 Å². The number of hydrogen-bond acceptors (Lipinski definition) is 5. The highest BCUT2D eigenvalue weighted by molar-refractivity contribution is 8.00. The van der Waals surface area contributed by atoms with Crippen LogP contribution >= 0.6 is 23.4 Å². The first-order valence-corrected chi connectivity index (χ1v) is 8.36. The standard InChI is InChI=1S/C12H16ClN3O3S/c13-10(17)16-12(18)15(8-4-2-1-3-5-8)11(14-16)19-9-6-20-7-9/h8-9H,1-7H2. The van der Waals surface area contributed by atoms with Crippen LogP contribution in [0.3, 0.4) is 0 Å². The zero-order chi connectivity index (χ0) is 14.1. The van der Waals surface area contributed by atoms with Crippen molar-refractivity contribution in [2.75, 3.05) is 11.5 Å². The summed E-state index contributed by atoms with van der Waals surface area (Å²) in [6.07, 6.45) is 5.24. The van der Waals surface area contributed by atoms with Crippen LogP contribution in [0.25, 0.3) is 0 Å². The van der Waals surface area contributed by atoms with Crippen LogP contribution in [-0.4, -0.2) is 37.3 Å². The number of halogens is 1. The minimum Gasteiger partial charge on any atom is -0.458 e. The average Bonchev–Trinajstić information content (AvgIpc) is 2.72. The molecular formula is C12H16ClN3O3S. The van der Waals surface area contributed by atoms with E-state index in [2.05, 4.69) is 5.10 Å². The van der Waals surface area contributed by atoms with E-state index < -0.39 is 11.1 Å². The summed E-state index contributed by atoms with van der Waals surface area (Å²) >= 11 is 7.19. The van der Waals surface area contributed by atoms with Crippen molar-refractivity contribution >= 4 is 28.7 Å². The molecule has 110 valence electrons. The monoisotopic (exact) mass is 317 g/mol. The molecule has 1 aromatic heterocycles. The molecule has 0 atom stereocenters. The molecule has 1 aromatic rings. The van der Waals surface area contributed by atoms with E-state index >= 15 is 0 Å². The first kappa shape index (κ1) is 14.0. The van der Waals surface area contributed by atoms with Crippen LogP contribution in [-0.2, 0) is 0 Å². The molecule has 1 aliphatic heterocycles. The van der Waals surface area contributed by atoms with Crippen LogP contribution in [0.15, 0.2) is 4.79 Å². The van der Waals surface area contributed by atoms with Crippen LogP contribution in [0.4, 0.5) is 4.79 Å². The molecule has 0 spiro atoms. The van der Waals surface area contributed by atoms with Crippen molar-refractivity contribution in [1.82, 2.24) is 14.3 Å². The zero-order valence-electron chi connectivity index (χ0n) is 11.0. The van der Waals surface area contributed by atoms with Gasteiger partial charge >= 0.3 is 17.1 Å². The van der Waals surface area contributed by atoms with Gasteiger partial charge in [-0.15, -0.1) is 9.78 Å². The molecule has 3 rings (SSSR count). The van der Waals surface area contributed by atoms with Crippen molar-refractivity contribution in [2.45, 2.75) is 44.2 Å². The molecule has 6 nitrogen and oxygen atoms in total. The van der Waals surface area contributed by atoms with Crippen molar-refractivity contribution < 1.29 is 9.53 Å². The van der Waals surface area contributed by atoms with Gasteiger partial charge < -0.3 is 4.74 Å². The lowest BCUT2D eigenvalue weighted by molar-refractivity contribution is 0.194. The summed E-state index contributed by atoms with van der Waals surface area (Å²) in [6, 6.07) is 0.296. The maximum atomic E-state index is 12.3. The fourth-order valence-corrected chi connectivity index (χ4v) is 3.31. The molecular weight excluding hydrogens is 302 g/mol. The summed E-state index contributed by atoms with van der Waals surface area (Å²) in [5.74, 6) is 1.78. The van der Waals surface area contributed by atoms with Crippen LogP contribution in [0.1, 0.15) is 38.1 Å². The molecule has 0 N–H and O–H groups in total. The quantitative estimate of drug-likeness (QED) is 0.800. The van der Waals surface area contributed by atoms with Gasteiger partial charge in [0.2, 0.25) is 0 Å². The number of carbonyl (C=O) groups is 1. The summed E-state index contributed by atoms with van der Waals surface area (Å²) in [5, 5.41) is 3.07. The highest BCUT2D eigenvalue weighted by Crippen LogP contribution is 2.31. The molecule has 2 heterocycles. The number of nitrogens with zero attached hydrogens (tertiary/aromatic N) is 3. The van der Waals surface area contributed by atoms with E-state index in [-0.39, 0.29) is 18.2 Å². The summed E-state index contributed by atoms with van der Waals surface area (Å²) in [7, 11) is 0. The highest BCUT2D eigenvalue weighted by Gasteiger charge is 2.29. The summed E-state index contributed by atoms with van der Waals surface area (Å²) < 4.78 is 7.95. The molecule has 0 bridgehead atoms. The second kappa shape index (κ2) is 5.81. The van der Waals surface area contributed by atoms with Gasteiger partial charge in [-0.1, -0.05) is 19.3 Å². The Labute approximate surface area is 125 Å². The number of carbonyl (C=O) groups excluding carboxylic acids is 1. The third-order valence-corrected chi connectivity index (χ3v) is 5.14. The van der Waals surface area contributed by atoms with Gasteiger partial charge in [0.1, 0.15) is 6.10 Å². The second-order valence-corrected chi connectivity index (χ2v) is 6.57. The topological polar surface area (TPSA) is 66.1 Å². The number of ether oxygens (including phenoxy) is 1. The van der Waals surface area contributed by atoms with E-state index in [4.69, 9.17) is 16.3 Å². The summed E-state index contributed by atoms with van der Waals surface area (Å²) in [6.45, 7) is 0. The Morgan fingerprint density at radius 2 is 2.00 bits per heavy atom. The Bertz CT molecular complexity index is 561. The van der Waals surface area contributed by atoms with Gasteiger partial charge in [0.15, 0.2) is 0 Å². The lowest BCUT2D eigenvalue weighted by Crippen LogP contribution is -2.34.